The zero-order valence-corrected chi connectivity index (χ0v) is 16.0. The number of hydrogen-bond donors (Lipinski definition) is 0. The van der Waals surface area contributed by atoms with Crippen LogP contribution in [-0.2, 0) is 0 Å². The third-order valence-corrected chi connectivity index (χ3v) is 5.34. The van der Waals surface area contributed by atoms with E-state index in [1.807, 2.05) is 18.3 Å². The Morgan fingerprint density at radius 3 is 2.54 bits per heavy atom. The Hall–Kier alpha value is -2.21. The van der Waals surface area contributed by atoms with Gasteiger partial charge < -0.3 is 13.7 Å². The molecule has 0 N–H and O–H groups in total. The predicted octanol–water partition coefficient (Wildman–Crippen LogP) is 4.10. The molecule has 138 valence electrons. The molecule has 4 heterocycles. The monoisotopic (exact) mass is 353 g/mol. The van der Waals surface area contributed by atoms with Gasteiger partial charge in [-0.25, -0.2) is 4.98 Å². The lowest BCUT2D eigenvalue weighted by Gasteiger charge is -2.33. The molecule has 0 aliphatic carbocycles. The van der Waals surface area contributed by atoms with Gasteiger partial charge in [0, 0.05) is 24.1 Å². The van der Waals surface area contributed by atoms with Crippen LogP contribution in [0.15, 0.2) is 28.8 Å². The second-order valence-corrected chi connectivity index (χ2v) is 7.78. The van der Waals surface area contributed by atoms with Crippen molar-refractivity contribution in [3.63, 3.8) is 0 Å². The average Bonchev–Trinajstić information content (AvgIpc) is 3.26. The van der Waals surface area contributed by atoms with Gasteiger partial charge in [-0.2, -0.15) is 0 Å². The van der Waals surface area contributed by atoms with Gasteiger partial charge in [0.1, 0.15) is 5.82 Å². The minimum absolute atomic E-state index is 0.321. The summed E-state index contributed by atoms with van der Waals surface area (Å²) in [5, 5.41) is 8.70. The van der Waals surface area contributed by atoms with Gasteiger partial charge in [0.05, 0.1) is 5.52 Å². The Labute approximate surface area is 154 Å². The molecule has 6 nitrogen and oxygen atoms in total. The Morgan fingerprint density at radius 2 is 1.85 bits per heavy atom. The molecule has 0 unspecified atom stereocenters. The van der Waals surface area contributed by atoms with Crippen LogP contribution in [0.4, 0.5) is 0 Å². The highest BCUT2D eigenvalue weighted by atomic mass is 16.4. The fraction of sp³-hybridized carbons (Fsp3) is 0.550. The van der Waals surface area contributed by atoms with Crippen molar-refractivity contribution in [3.05, 3.63) is 36.1 Å². The molecule has 6 heteroatoms. The number of nitrogens with zero attached hydrogens (tertiary/aromatic N) is 5. The normalized spacial score (nSPS) is 17.0. The Balaban J connectivity index is 1.62. The number of rotatable bonds is 4. The van der Waals surface area contributed by atoms with Gasteiger partial charge in [0.2, 0.25) is 5.89 Å². The summed E-state index contributed by atoms with van der Waals surface area (Å²) < 4.78 is 8.21. The van der Waals surface area contributed by atoms with Gasteiger partial charge >= 0.3 is 0 Å². The van der Waals surface area contributed by atoms with Gasteiger partial charge in [-0.15, -0.1) is 10.2 Å². The molecule has 0 radical (unpaired) electrons. The van der Waals surface area contributed by atoms with Crippen molar-refractivity contribution in [2.24, 2.45) is 0 Å². The molecule has 0 atom stereocenters. The van der Waals surface area contributed by atoms with Crippen molar-refractivity contribution < 1.29 is 4.42 Å². The summed E-state index contributed by atoms with van der Waals surface area (Å²) in [5.41, 5.74) is 1.80. The summed E-state index contributed by atoms with van der Waals surface area (Å²) in [6.07, 6.45) is 4.18. The number of likely N-dealkylation sites (tertiary alicyclic amines) is 1. The molecule has 0 aromatic carbocycles. The van der Waals surface area contributed by atoms with Crippen LogP contribution >= 0.6 is 0 Å². The highest BCUT2D eigenvalue weighted by Gasteiger charge is 2.27. The van der Waals surface area contributed by atoms with Crippen LogP contribution in [0.2, 0.25) is 0 Å². The molecule has 0 spiro atoms. The number of imidazole rings is 1. The van der Waals surface area contributed by atoms with Crippen LogP contribution in [0.1, 0.15) is 64.1 Å². The lowest BCUT2D eigenvalue weighted by atomic mass is 9.96. The molecule has 1 aliphatic heterocycles. The second-order valence-electron chi connectivity index (χ2n) is 7.78. The van der Waals surface area contributed by atoms with Crippen molar-refractivity contribution in [1.82, 2.24) is 24.5 Å². The maximum absolute atomic E-state index is 6.09. The first-order chi connectivity index (χ1) is 12.5. The van der Waals surface area contributed by atoms with Crippen molar-refractivity contribution in [2.45, 2.75) is 58.4 Å². The molecule has 3 aromatic heterocycles. The molecule has 1 aliphatic rings. The van der Waals surface area contributed by atoms with Crippen molar-refractivity contribution in [2.75, 3.05) is 13.1 Å². The summed E-state index contributed by atoms with van der Waals surface area (Å²) in [5.74, 6) is 2.97. The Bertz CT molecular complexity index is 887. The van der Waals surface area contributed by atoms with Crippen LogP contribution < -0.4 is 0 Å². The van der Waals surface area contributed by atoms with Crippen LogP contribution in [-0.4, -0.2) is 43.6 Å². The van der Waals surface area contributed by atoms with Crippen LogP contribution in [0.5, 0.6) is 0 Å². The number of hydrogen-bond acceptors (Lipinski definition) is 5. The van der Waals surface area contributed by atoms with E-state index in [4.69, 9.17) is 9.40 Å². The fourth-order valence-electron chi connectivity index (χ4n) is 3.78. The Kier molecular flexibility index (Phi) is 4.53. The third-order valence-electron chi connectivity index (χ3n) is 5.34. The second kappa shape index (κ2) is 6.83. The maximum Gasteiger partial charge on any atom is 0.268 e. The first kappa shape index (κ1) is 17.2. The lowest BCUT2D eigenvalue weighted by Crippen LogP contribution is -2.37. The van der Waals surface area contributed by atoms with E-state index < -0.39 is 0 Å². The fourth-order valence-corrected chi connectivity index (χ4v) is 3.78. The molecule has 0 amide bonds. The summed E-state index contributed by atoms with van der Waals surface area (Å²) in [6.45, 7) is 11.0. The van der Waals surface area contributed by atoms with E-state index in [9.17, 15) is 0 Å². The molecule has 0 saturated carbocycles. The number of aromatic nitrogens is 4. The molecule has 3 aromatic rings. The number of fused-ring (bicyclic) bond motifs is 1. The smallest absolute Gasteiger partial charge is 0.268 e. The highest BCUT2D eigenvalue weighted by Crippen LogP contribution is 2.32. The molecule has 1 fully saturated rings. The quantitative estimate of drug-likeness (QED) is 0.707. The van der Waals surface area contributed by atoms with Crippen molar-refractivity contribution >= 4 is 5.52 Å². The van der Waals surface area contributed by atoms with Gasteiger partial charge in [-0.3, -0.25) is 0 Å². The molecular weight excluding hydrogens is 326 g/mol. The largest absolute Gasteiger partial charge is 0.419 e. The van der Waals surface area contributed by atoms with Gasteiger partial charge in [0.15, 0.2) is 5.69 Å². The lowest BCUT2D eigenvalue weighted by molar-refractivity contribution is 0.163. The predicted molar refractivity (Wildman–Crippen MR) is 101 cm³/mol. The van der Waals surface area contributed by atoms with Crippen LogP contribution in [0, 0.1) is 0 Å². The zero-order valence-electron chi connectivity index (χ0n) is 16.0. The van der Waals surface area contributed by atoms with E-state index in [2.05, 4.69) is 53.3 Å². The van der Waals surface area contributed by atoms with Crippen molar-refractivity contribution in [3.8, 4) is 11.6 Å². The molecular formula is C20H27N5O. The molecule has 4 rings (SSSR count). The first-order valence-electron chi connectivity index (χ1n) is 9.59. The van der Waals surface area contributed by atoms with Crippen LogP contribution in [0.25, 0.3) is 17.1 Å². The maximum atomic E-state index is 6.09. The van der Waals surface area contributed by atoms with Gasteiger partial charge in [0.25, 0.3) is 5.89 Å². The van der Waals surface area contributed by atoms with E-state index in [0.717, 1.165) is 48.9 Å². The van der Waals surface area contributed by atoms with E-state index in [0.29, 0.717) is 23.8 Å². The standard InChI is InChI=1S/C20H27N5O/c1-13(2)18-21-17(16-7-5-6-10-25(16)18)20-23-22-19(26-20)15-8-11-24(12-9-15)14(3)4/h5-7,10,13-15H,8-9,11-12H2,1-4H3. The SMILES string of the molecule is CC(C)c1nc(-c2nnc(C3CCN(C(C)C)CC3)o2)c2ccccn12. The summed E-state index contributed by atoms with van der Waals surface area (Å²) >= 11 is 0. The van der Waals surface area contributed by atoms with Crippen LogP contribution in [0.3, 0.4) is 0 Å². The molecule has 0 bridgehead atoms. The minimum atomic E-state index is 0.321. The van der Waals surface area contributed by atoms with E-state index in [1.54, 1.807) is 0 Å². The Morgan fingerprint density at radius 1 is 1.08 bits per heavy atom. The molecule has 1 saturated heterocycles. The van der Waals surface area contributed by atoms with E-state index in [-0.39, 0.29) is 0 Å². The third kappa shape index (κ3) is 3.03. The van der Waals surface area contributed by atoms with E-state index >= 15 is 0 Å². The summed E-state index contributed by atoms with van der Waals surface area (Å²) in [6, 6.07) is 6.69. The van der Waals surface area contributed by atoms with Gasteiger partial charge in [-0.05, 0) is 51.9 Å². The van der Waals surface area contributed by atoms with Gasteiger partial charge in [-0.1, -0.05) is 19.9 Å². The minimum Gasteiger partial charge on any atom is -0.419 e. The average molecular weight is 353 g/mol. The topological polar surface area (TPSA) is 59.5 Å². The number of piperidine rings is 1. The summed E-state index contributed by atoms with van der Waals surface area (Å²) in [7, 11) is 0. The zero-order chi connectivity index (χ0) is 18.3. The van der Waals surface area contributed by atoms with E-state index in [1.165, 1.54) is 0 Å². The summed E-state index contributed by atoms with van der Waals surface area (Å²) in [4.78, 5) is 7.32. The highest BCUT2D eigenvalue weighted by molar-refractivity contribution is 5.72. The number of pyridine rings is 1. The molecule has 26 heavy (non-hydrogen) atoms. The van der Waals surface area contributed by atoms with Crippen molar-refractivity contribution in [1.29, 1.82) is 0 Å². The first-order valence-corrected chi connectivity index (χ1v) is 9.59.